The van der Waals surface area contributed by atoms with Crippen LogP contribution in [0.2, 0.25) is 0 Å². The fraction of sp³-hybridized carbons (Fsp3) is 0.240. The van der Waals surface area contributed by atoms with E-state index in [1.54, 1.807) is 11.8 Å². The first kappa shape index (κ1) is 23.9. The number of rotatable bonds is 9. The minimum atomic E-state index is -3.45. The number of benzene rings is 3. The summed E-state index contributed by atoms with van der Waals surface area (Å²) in [5, 5.41) is 2.97. The van der Waals surface area contributed by atoms with E-state index >= 15 is 0 Å². The number of nitrogens with zero attached hydrogens (tertiary/aromatic N) is 1. The minimum Gasteiger partial charge on any atom is -0.325 e. The van der Waals surface area contributed by atoms with Crippen LogP contribution >= 0.6 is 11.8 Å². The zero-order valence-corrected chi connectivity index (χ0v) is 20.2. The van der Waals surface area contributed by atoms with Gasteiger partial charge in [-0.2, -0.15) is 0 Å². The molecule has 0 aliphatic rings. The lowest BCUT2D eigenvalue weighted by Crippen LogP contribution is -2.31. The third-order valence-electron chi connectivity index (χ3n) is 4.79. The summed E-state index contributed by atoms with van der Waals surface area (Å²) >= 11 is 1.59. The van der Waals surface area contributed by atoms with Gasteiger partial charge in [0.25, 0.3) is 0 Å². The molecule has 0 aliphatic heterocycles. The number of hydrogen-bond acceptors (Lipinski definition) is 4. The van der Waals surface area contributed by atoms with Crippen LogP contribution in [-0.4, -0.2) is 27.1 Å². The van der Waals surface area contributed by atoms with Crippen LogP contribution in [0.15, 0.2) is 82.6 Å². The highest BCUT2D eigenvalue weighted by molar-refractivity contribution is 7.99. The molecule has 0 aliphatic carbocycles. The Kier molecular flexibility index (Phi) is 7.99. The second-order valence-electron chi connectivity index (χ2n) is 7.74. The number of carbonyl (C=O) groups excluding carboxylic acids is 1. The number of amides is 1. The third kappa shape index (κ3) is 6.87. The van der Waals surface area contributed by atoms with Crippen molar-refractivity contribution < 1.29 is 13.2 Å². The lowest BCUT2D eigenvalue weighted by atomic mass is 10.1. The summed E-state index contributed by atoms with van der Waals surface area (Å²) in [5.41, 5.74) is 3.38. The quantitative estimate of drug-likeness (QED) is 0.441. The highest BCUT2D eigenvalue weighted by Crippen LogP contribution is 2.33. The van der Waals surface area contributed by atoms with Crippen LogP contribution < -0.4 is 9.62 Å². The standard InChI is InChI=1S/C25H28N2O3S2/c1-19-16-20(2)18-21(17-19)27(32(3,29)30)15-9-14-25(28)26-23-12-7-8-13-24(23)31-22-10-5-4-6-11-22/h4-8,10-13,16-18H,9,14-15H2,1-3H3,(H,26,28). The summed E-state index contributed by atoms with van der Waals surface area (Å²) < 4.78 is 26.1. The molecule has 7 heteroatoms. The summed E-state index contributed by atoms with van der Waals surface area (Å²) in [5.74, 6) is -0.139. The second-order valence-corrected chi connectivity index (χ2v) is 10.8. The van der Waals surface area contributed by atoms with E-state index in [4.69, 9.17) is 0 Å². The number of carbonyl (C=O) groups is 1. The summed E-state index contributed by atoms with van der Waals surface area (Å²) in [6, 6.07) is 23.4. The molecule has 3 rings (SSSR count). The molecule has 0 radical (unpaired) electrons. The first-order valence-electron chi connectivity index (χ1n) is 10.4. The molecule has 0 saturated heterocycles. The Bertz CT molecular complexity index is 1160. The van der Waals surface area contributed by atoms with Crippen molar-refractivity contribution in [3.8, 4) is 0 Å². The molecule has 0 saturated carbocycles. The molecule has 1 amide bonds. The maximum absolute atomic E-state index is 12.6. The Labute approximate surface area is 194 Å². The number of anilines is 2. The van der Waals surface area contributed by atoms with Crippen LogP contribution in [0, 0.1) is 13.8 Å². The van der Waals surface area contributed by atoms with Crippen molar-refractivity contribution in [1.82, 2.24) is 0 Å². The molecule has 32 heavy (non-hydrogen) atoms. The maximum atomic E-state index is 12.6. The fourth-order valence-corrected chi connectivity index (χ4v) is 5.32. The first-order chi connectivity index (χ1) is 15.2. The smallest absolute Gasteiger partial charge is 0.232 e. The minimum absolute atomic E-state index is 0.139. The van der Waals surface area contributed by atoms with Crippen molar-refractivity contribution in [3.63, 3.8) is 0 Å². The van der Waals surface area contributed by atoms with Gasteiger partial charge in [0.15, 0.2) is 0 Å². The average Bonchev–Trinajstić information content (AvgIpc) is 2.72. The van der Waals surface area contributed by atoms with Gasteiger partial charge in [0.05, 0.1) is 17.6 Å². The summed E-state index contributed by atoms with van der Waals surface area (Å²) in [6.45, 7) is 4.13. The lowest BCUT2D eigenvalue weighted by molar-refractivity contribution is -0.116. The van der Waals surface area contributed by atoms with Gasteiger partial charge in [-0.3, -0.25) is 9.10 Å². The van der Waals surface area contributed by atoms with Gasteiger partial charge < -0.3 is 5.32 Å². The fourth-order valence-electron chi connectivity index (χ4n) is 3.45. The van der Waals surface area contributed by atoms with Crippen molar-refractivity contribution in [3.05, 3.63) is 83.9 Å². The number of hydrogen-bond donors (Lipinski definition) is 1. The number of sulfonamides is 1. The second kappa shape index (κ2) is 10.7. The van der Waals surface area contributed by atoms with Gasteiger partial charge in [0.1, 0.15) is 0 Å². The predicted molar refractivity (Wildman–Crippen MR) is 133 cm³/mol. The van der Waals surface area contributed by atoms with Crippen molar-refractivity contribution in [2.45, 2.75) is 36.5 Å². The van der Waals surface area contributed by atoms with Crippen molar-refractivity contribution in [2.24, 2.45) is 0 Å². The highest BCUT2D eigenvalue weighted by atomic mass is 32.2. The molecular formula is C25H28N2O3S2. The number of aryl methyl sites for hydroxylation is 2. The van der Waals surface area contributed by atoms with E-state index in [1.807, 2.05) is 86.6 Å². The zero-order valence-electron chi connectivity index (χ0n) is 18.5. The van der Waals surface area contributed by atoms with E-state index in [1.165, 1.54) is 10.6 Å². The molecule has 0 spiro atoms. The molecule has 0 heterocycles. The van der Waals surface area contributed by atoms with Crippen LogP contribution in [0.5, 0.6) is 0 Å². The van der Waals surface area contributed by atoms with Crippen molar-refractivity contribution >= 4 is 39.1 Å². The normalized spacial score (nSPS) is 11.2. The van der Waals surface area contributed by atoms with Gasteiger partial charge in [-0.15, -0.1) is 0 Å². The van der Waals surface area contributed by atoms with Crippen molar-refractivity contribution in [1.29, 1.82) is 0 Å². The predicted octanol–water partition coefficient (Wildman–Crippen LogP) is 5.64. The zero-order chi connectivity index (χ0) is 23.1. The summed E-state index contributed by atoms with van der Waals surface area (Å²) in [6.07, 6.45) is 1.84. The van der Waals surface area contributed by atoms with Crippen LogP contribution in [0.25, 0.3) is 0 Å². The van der Waals surface area contributed by atoms with Gasteiger partial charge in [-0.25, -0.2) is 8.42 Å². The molecule has 0 fully saturated rings. The molecule has 3 aromatic carbocycles. The molecule has 0 aromatic heterocycles. The maximum Gasteiger partial charge on any atom is 0.232 e. The Morgan fingerprint density at radius 2 is 1.56 bits per heavy atom. The van der Waals surface area contributed by atoms with Gasteiger partial charge in [-0.1, -0.05) is 48.2 Å². The van der Waals surface area contributed by atoms with Crippen LogP contribution in [0.1, 0.15) is 24.0 Å². The molecule has 3 aromatic rings. The van der Waals surface area contributed by atoms with Crippen molar-refractivity contribution in [2.75, 3.05) is 22.4 Å². The van der Waals surface area contributed by atoms with Gasteiger partial charge >= 0.3 is 0 Å². The molecule has 1 N–H and O–H groups in total. The van der Waals surface area contributed by atoms with Crippen LogP contribution in [0.4, 0.5) is 11.4 Å². The first-order valence-corrected chi connectivity index (χ1v) is 13.1. The van der Waals surface area contributed by atoms with E-state index in [0.29, 0.717) is 12.1 Å². The molecule has 0 bridgehead atoms. The third-order valence-corrected chi connectivity index (χ3v) is 7.07. The van der Waals surface area contributed by atoms with Crippen LogP contribution in [-0.2, 0) is 14.8 Å². The lowest BCUT2D eigenvalue weighted by Gasteiger charge is -2.23. The number of para-hydroxylation sites is 1. The van der Waals surface area contributed by atoms with E-state index in [2.05, 4.69) is 5.32 Å². The molecular weight excluding hydrogens is 440 g/mol. The largest absolute Gasteiger partial charge is 0.325 e. The summed E-state index contributed by atoms with van der Waals surface area (Å²) in [7, 11) is -3.45. The van der Waals surface area contributed by atoms with E-state index in [0.717, 1.165) is 26.6 Å². The molecule has 0 atom stereocenters. The van der Waals surface area contributed by atoms with Gasteiger partial charge in [0, 0.05) is 22.8 Å². The SMILES string of the molecule is Cc1cc(C)cc(N(CCCC(=O)Nc2ccccc2Sc2ccccc2)S(C)(=O)=O)c1. The number of nitrogens with one attached hydrogen (secondary N) is 1. The summed E-state index contributed by atoms with van der Waals surface area (Å²) in [4.78, 5) is 14.7. The van der Waals surface area contributed by atoms with E-state index < -0.39 is 10.0 Å². The van der Waals surface area contributed by atoms with E-state index in [9.17, 15) is 13.2 Å². The molecule has 0 unspecified atom stereocenters. The Morgan fingerprint density at radius 3 is 2.22 bits per heavy atom. The Balaban J connectivity index is 1.63. The Hall–Kier alpha value is -2.77. The Morgan fingerprint density at radius 1 is 0.938 bits per heavy atom. The average molecular weight is 469 g/mol. The highest BCUT2D eigenvalue weighted by Gasteiger charge is 2.18. The van der Waals surface area contributed by atoms with Gasteiger partial charge in [0.2, 0.25) is 15.9 Å². The van der Waals surface area contributed by atoms with Gasteiger partial charge in [-0.05, 0) is 67.8 Å². The molecule has 5 nitrogen and oxygen atoms in total. The molecule has 168 valence electrons. The topological polar surface area (TPSA) is 66.5 Å². The van der Waals surface area contributed by atoms with E-state index in [-0.39, 0.29) is 18.9 Å². The van der Waals surface area contributed by atoms with Crippen LogP contribution in [0.3, 0.4) is 0 Å². The monoisotopic (exact) mass is 468 g/mol.